The van der Waals surface area contributed by atoms with Crippen molar-refractivity contribution >= 4 is 21.7 Å². The van der Waals surface area contributed by atoms with Crippen LogP contribution >= 0.6 is 15.9 Å². The van der Waals surface area contributed by atoms with E-state index in [1.165, 1.54) is 6.07 Å². The highest BCUT2D eigenvalue weighted by molar-refractivity contribution is 9.09. The third kappa shape index (κ3) is 2.30. The smallest absolute Gasteiger partial charge is 0.165 e. The maximum atomic E-state index is 13.5. The van der Waals surface area contributed by atoms with Gasteiger partial charge in [-0.3, -0.25) is 0 Å². The Morgan fingerprint density at radius 2 is 2.47 bits per heavy atom. The fourth-order valence-electron chi connectivity index (χ4n) is 2.13. The molecule has 0 N–H and O–H groups in total. The van der Waals surface area contributed by atoms with Crippen molar-refractivity contribution in [2.75, 3.05) is 16.8 Å². The van der Waals surface area contributed by atoms with Gasteiger partial charge in [-0.15, -0.1) is 0 Å². The van der Waals surface area contributed by atoms with E-state index >= 15 is 0 Å². The van der Waals surface area contributed by atoms with Gasteiger partial charge in [0.15, 0.2) is 11.6 Å². The first kappa shape index (κ1) is 10.9. The zero-order valence-corrected chi connectivity index (χ0v) is 10.1. The van der Waals surface area contributed by atoms with E-state index in [1.807, 2.05) is 0 Å². The van der Waals surface area contributed by atoms with Gasteiger partial charge in [0, 0.05) is 24.1 Å². The normalized spacial score (nSPS) is 20.9. The summed E-state index contributed by atoms with van der Waals surface area (Å²) >= 11 is 3.44. The van der Waals surface area contributed by atoms with Crippen LogP contribution < -0.4 is 4.90 Å². The van der Waals surface area contributed by atoms with E-state index in [1.54, 1.807) is 12.3 Å². The van der Waals surface area contributed by atoms with Crippen LogP contribution in [-0.4, -0.2) is 22.9 Å². The van der Waals surface area contributed by atoms with E-state index in [0.29, 0.717) is 11.9 Å². The highest BCUT2D eigenvalue weighted by Crippen LogP contribution is 2.27. The number of anilines is 1. The second kappa shape index (κ2) is 4.92. The lowest BCUT2D eigenvalue weighted by molar-refractivity contribution is 0.590. The standard InChI is InChI=1S/C11H14BrFN2/c12-6-5-9-3-2-8-15(9)11-10(13)4-1-7-14-11/h1,4,7,9H,2-3,5-6,8H2. The number of pyridine rings is 1. The second-order valence-electron chi connectivity index (χ2n) is 3.78. The molecule has 0 aliphatic carbocycles. The van der Waals surface area contributed by atoms with Crippen LogP contribution in [0, 0.1) is 5.82 Å². The van der Waals surface area contributed by atoms with Gasteiger partial charge in [0.2, 0.25) is 0 Å². The number of alkyl halides is 1. The number of hydrogen-bond acceptors (Lipinski definition) is 2. The van der Waals surface area contributed by atoms with Gasteiger partial charge < -0.3 is 4.90 Å². The summed E-state index contributed by atoms with van der Waals surface area (Å²) in [6.45, 7) is 0.922. The molecule has 0 saturated carbocycles. The summed E-state index contributed by atoms with van der Waals surface area (Å²) in [5, 5.41) is 0.961. The molecule has 2 rings (SSSR count). The third-order valence-corrected chi connectivity index (χ3v) is 3.29. The van der Waals surface area contributed by atoms with Crippen LogP contribution in [-0.2, 0) is 0 Å². The van der Waals surface area contributed by atoms with Crippen LogP contribution in [0.5, 0.6) is 0 Å². The molecular formula is C11H14BrFN2. The van der Waals surface area contributed by atoms with Crippen LogP contribution in [0.4, 0.5) is 10.2 Å². The summed E-state index contributed by atoms with van der Waals surface area (Å²) in [6.07, 6.45) is 4.98. The monoisotopic (exact) mass is 272 g/mol. The van der Waals surface area contributed by atoms with Crippen molar-refractivity contribution in [3.8, 4) is 0 Å². The van der Waals surface area contributed by atoms with Crippen LogP contribution in [0.15, 0.2) is 18.3 Å². The minimum atomic E-state index is -0.209. The molecule has 82 valence electrons. The van der Waals surface area contributed by atoms with E-state index in [0.717, 1.165) is 31.1 Å². The Kier molecular flexibility index (Phi) is 3.57. The first-order valence-corrected chi connectivity index (χ1v) is 6.38. The van der Waals surface area contributed by atoms with E-state index < -0.39 is 0 Å². The number of hydrogen-bond donors (Lipinski definition) is 0. The third-order valence-electron chi connectivity index (χ3n) is 2.83. The van der Waals surface area contributed by atoms with Crippen molar-refractivity contribution in [2.45, 2.75) is 25.3 Å². The van der Waals surface area contributed by atoms with E-state index in [4.69, 9.17) is 0 Å². The Labute approximate surface area is 97.6 Å². The fourth-order valence-corrected chi connectivity index (χ4v) is 2.66. The Bertz CT molecular complexity index is 332. The van der Waals surface area contributed by atoms with Crippen LogP contribution in [0.3, 0.4) is 0 Å². The topological polar surface area (TPSA) is 16.1 Å². The highest BCUT2D eigenvalue weighted by Gasteiger charge is 2.26. The molecule has 1 aromatic heterocycles. The molecule has 1 saturated heterocycles. The number of rotatable bonds is 3. The molecule has 2 heterocycles. The Morgan fingerprint density at radius 3 is 3.20 bits per heavy atom. The van der Waals surface area contributed by atoms with Crippen LogP contribution in [0.2, 0.25) is 0 Å². The maximum absolute atomic E-state index is 13.5. The molecule has 1 aliphatic rings. The Hall–Kier alpha value is -0.640. The minimum Gasteiger partial charge on any atom is -0.351 e. The number of aromatic nitrogens is 1. The van der Waals surface area contributed by atoms with Gasteiger partial charge in [-0.2, -0.15) is 0 Å². The molecule has 1 unspecified atom stereocenters. The minimum absolute atomic E-state index is 0.209. The van der Waals surface area contributed by atoms with Crippen molar-refractivity contribution < 1.29 is 4.39 Å². The molecule has 0 spiro atoms. The fraction of sp³-hybridized carbons (Fsp3) is 0.545. The van der Waals surface area contributed by atoms with E-state index in [9.17, 15) is 4.39 Å². The summed E-state index contributed by atoms with van der Waals surface area (Å²) in [4.78, 5) is 6.22. The predicted octanol–water partition coefficient (Wildman–Crippen LogP) is 2.97. The Morgan fingerprint density at radius 1 is 1.60 bits per heavy atom. The molecule has 0 bridgehead atoms. The SMILES string of the molecule is Fc1cccnc1N1CCCC1CCBr. The summed E-state index contributed by atoms with van der Waals surface area (Å²) in [7, 11) is 0. The lowest BCUT2D eigenvalue weighted by atomic mass is 10.2. The first-order valence-electron chi connectivity index (χ1n) is 5.26. The molecule has 0 amide bonds. The molecular weight excluding hydrogens is 259 g/mol. The van der Waals surface area contributed by atoms with Gasteiger partial charge in [-0.1, -0.05) is 15.9 Å². The van der Waals surface area contributed by atoms with Gasteiger partial charge in [0.1, 0.15) is 0 Å². The summed E-state index contributed by atoms with van der Waals surface area (Å²) in [6, 6.07) is 3.55. The van der Waals surface area contributed by atoms with Gasteiger partial charge in [-0.25, -0.2) is 9.37 Å². The molecule has 2 nitrogen and oxygen atoms in total. The van der Waals surface area contributed by atoms with E-state index in [-0.39, 0.29) is 5.82 Å². The van der Waals surface area contributed by atoms with Gasteiger partial charge in [0.05, 0.1) is 0 Å². The molecule has 1 fully saturated rings. The maximum Gasteiger partial charge on any atom is 0.165 e. The van der Waals surface area contributed by atoms with Crippen LogP contribution in [0.25, 0.3) is 0 Å². The predicted molar refractivity (Wildman–Crippen MR) is 63.0 cm³/mol. The molecule has 1 aliphatic heterocycles. The molecule has 0 aromatic carbocycles. The van der Waals surface area contributed by atoms with Gasteiger partial charge in [-0.05, 0) is 31.4 Å². The van der Waals surface area contributed by atoms with Gasteiger partial charge in [0.25, 0.3) is 0 Å². The Balaban J connectivity index is 2.19. The average molecular weight is 273 g/mol. The summed E-state index contributed by atoms with van der Waals surface area (Å²) in [5.41, 5.74) is 0. The molecule has 4 heteroatoms. The van der Waals surface area contributed by atoms with Crippen molar-refractivity contribution in [1.29, 1.82) is 0 Å². The van der Waals surface area contributed by atoms with Crippen molar-refractivity contribution in [3.05, 3.63) is 24.1 Å². The second-order valence-corrected chi connectivity index (χ2v) is 4.57. The largest absolute Gasteiger partial charge is 0.351 e. The number of nitrogens with zero attached hydrogens (tertiary/aromatic N) is 2. The number of halogens is 2. The first-order chi connectivity index (χ1) is 7.33. The van der Waals surface area contributed by atoms with Crippen molar-refractivity contribution in [2.24, 2.45) is 0 Å². The van der Waals surface area contributed by atoms with E-state index in [2.05, 4.69) is 25.8 Å². The molecule has 15 heavy (non-hydrogen) atoms. The zero-order valence-electron chi connectivity index (χ0n) is 8.50. The van der Waals surface area contributed by atoms with Crippen LogP contribution in [0.1, 0.15) is 19.3 Å². The quantitative estimate of drug-likeness (QED) is 0.787. The lowest BCUT2D eigenvalue weighted by Gasteiger charge is -2.25. The molecule has 1 atom stereocenters. The molecule has 0 radical (unpaired) electrons. The highest BCUT2D eigenvalue weighted by atomic mass is 79.9. The molecule has 1 aromatic rings. The average Bonchev–Trinajstić information content (AvgIpc) is 2.67. The van der Waals surface area contributed by atoms with Crippen molar-refractivity contribution in [3.63, 3.8) is 0 Å². The lowest BCUT2D eigenvalue weighted by Crippen LogP contribution is -2.31. The summed E-state index contributed by atoms with van der Waals surface area (Å²) < 4.78 is 13.5. The van der Waals surface area contributed by atoms with Crippen molar-refractivity contribution in [1.82, 2.24) is 4.98 Å². The summed E-state index contributed by atoms with van der Waals surface area (Å²) in [5.74, 6) is 0.305. The van der Waals surface area contributed by atoms with Gasteiger partial charge >= 0.3 is 0 Å². The zero-order chi connectivity index (χ0) is 10.7.